The second kappa shape index (κ2) is 5.70. The summed E-state index contributed by atoms with van der Waals surface area (Å²) in [6, 6.07) is 11.5. The van der Waals surface area contributed by atoms with E-state index in [1.807, 2.05) is 28.8 Å². The highest BCUT2D eigenvalue weighted by molar-refractivity contribution is 5.78. The zero-order valence-electron chi connectivity index (χ0n) is 11.2. The van der Waals surface area contributed by atoms with Crippen LogP contribution in [-0.2, 0) is 17.8 Å². The molecule has 106 valence electrons. The molecule has 0 aliphatic rings. The van der Waals surface area contributed by atoms with Gasteiger partial charge in [-0.3, -0.25) is 9.20 Å². The van der Waals surface area contributed by atoms with Gasteiger partial charge in [0.05, 0.1) is 13.0 Å². The molecule has 1 aromatic carbocycles. The molecule has 0 saturated carbocycles. The summed E-state index contributed by atoms with van der Waals surface area (Å²) in [5.74, 6) is 0.210. The first-order chi connectivity index (χ1) is 10.2. The van der Waals surface area contributed by atoms with E-state index in [1.165, 1.54) is 12.1 Å². The monoisotopic (exact) mass is 284 g/mol. The van der Waals surface area contributed by atoms with Gasteiger partial charge >= 0.3 is 0 Å². The topological polar surface area (TPSA) is 59.3 Å². The largest absolute Gasteiger partial charge is 0.348 e. The van der Waals surface area contributed by atoms with Crippen molar-refractivity contribution in [3.8, 4) is 0 Å². The summed E-state index contributed by atoms with van der Waals surface area (Å²) >= 11 is 0. The molecule has 0 spiro atoms. The van der Waals surface area contributed by atoms with Gasteiger partial charge in [0.2, 0.25) is 5.91 Å². The Morgan fingerprint density at radius 2 is 1.95 bits per heavy atom. The number of amides is 1. The molecular weight excluding hydrogens is 271 g/mol. The number of carbonyl (C=O) groups excluding carboxylic acids is 1. The average molecular weight is 284 g/mol. The molecule has 21 heavy (non-hydrogen) atoms. The van der Waals surface area contributed by atoms with Crippen molar-refractivity contribution in [1.82, 2.24) is 19.9 Å². The molecule has 2 heterocycles. The average Bonchev–Trinajstić information content (AvgIpc) is 2.91. The molecule has 0 atom stereocenters. The van der Waals surface area contributed by atoms with E-state index in [0.717, 1.165) is 11.2 Å². The maximum Gasteiger partial charge on any atom is 0.224 e. The summed E-state index contributed by atoms with van der Waals surface area (Å²) in [5.41, 5.74) is 1.50. The fraction of sp³-hybridized carbons (Fsp3) is 0.133. The second-order valence-electron chi connectivity index (χ2n) is 4.63. The smallest absolute Gasteiger partial charge is 0.224 e. The lowest BCUT2D eigenvalue weighted by Gasteiger charge is -2.04. The van der Waals surface area contributed by atoms with Gasteiger partial charge < -0.3 is 5.32 Å². The third kappa shape index (κ3) is 3.05. The van der Waals surface area contributed by atoms with Crippen molar-refractivity contribution in [3.05, 3.63) is 65.9 Å². The number of hydrogen-bond donors (Lipinski definition) is 1. The van der Waals surface area contributed by atoms with Crippen molar-refractivity contribution in [2.45, 2.75) is 13.0 Å². The lowest BCUT2D eigenvalue weighted by molar-refractivity contribution is -0.120. The summed E-state index contributed by atoms with van der Waals surface area (Å²) in [7, 11) is 0. The Labute approximate surface area is 120 Å². The number of aromatic nitrogens is 3. The van der Waals surface area contributed by atoms with Crippen molar-refractivity contribution in [1.29, 1.82) is 0 Å². The molecule has 0 radical (unpaired) electrons. The number of hydrogen-bond acceptors (Lipinski definition) is 3. The number of benzene rings is 1. The zero-order chi connectivity index (χ0) is 14.7. The van der Waals surface area contributed by atoms with Crippen LogP contribution >= 0.6 is 0 Å². The first kappa shape index (κ1) is 13.2. The molecule has 3 rings (SSSR count). The molecular formula is C15H13FN4O. The van der Waals surface area contributed by atoms with Gasteiger partial charge in [-0.2, -0.15) is 0 Å². The summed E-state index contributed by atoms with van der Waals surface area (Å²) in [6.07, 6.45) is 2.05. The number of carbonyl (C=O) groups is 1. The van der Waals surface area contributed by atoms with Crippen LogP contribution in [-0.4, -0.2) is 20.5 Å². The van der Waals surface area contributed by atoms with Crippen LogP contribution in [0.25, 0.3) is 5.65 Å². The van der Waals surface area contributed by atoms with Crippen LogP contribution in [0.1, 0.15) is 11.4 Å². The lowest BCUT2D eigenvalue weighted by atomic mass is 10.1. The van der Waals surface area contributed by atoms with Gasteiger partial charge in [-0.15, -0.1) is 10.2 Å². The van der Waals surface area contributed by atoms with Crippen LogP contribution < -0.4 is 5.32 Å². The van der Waals surface area contributed by atoms with E-state index < -0.39 is 0 Å². The Hall–Kier alpha value is -2.76. The van der Waals surface area contributed by atoms with Gasteiger partial charge in [-0.25, -0.2) is 4.39 Å². The number of fused-ring (bicyclic) bond motifs is 1. The normalized spacial score (nSPS) is 10.7. The molecule has 1 amide bonds. The van der Waals surface area contributed by atoms with Crippen molar-refractivity contribution in [2.75, 3.05) is 0 Å². The summed E-state index contributed by atoms with van der Waals surface area (Å²) < 4.78 is 14.6. The molecule has 6 heteroatoms. The van der Waals surface area contributed by atoms with E-state index in [-0.39, 0.29) is 18.1 Å². The van der Waals surface area contributed by atoms with Crippen LogP contribution in [0.2, 0.25) is 0 Å². The summed E-state index contributed by atoms with van der Waals surface area (Å²) in [4.78, 5) is 11.9. The number of nitrogens with zero attached hydrogens (tertiary/aromatic N) is 3. The van der Waals surface area contributed by atoms with Crippen LogP contribution in [0.5, 0.6) is 0 Å². The quantitative estimate of drug-likeness (QED) is 0.793. The lowest BCUT2D eigenvalue weighted by Crippen LogP contribution is -2.25. The van der Waals surface area contributed by atoms with Crippen molar-refractivity contribution < 1.29 is 9.18 Å². The Balaban J connectivity index is 1.62. The fourth-order valence-corrected chi connectivity index (χ4v) is 2.04. The van der Waals surface area contributed by atoms with Gasteiger partial charge in [0.1, 0.15) is 5.82 Å². The Bertz CT molecular complexity index is 767. The molecule has 0 aliphatic carbocycles. The van der Waals surface area contributed by atoms with E-state index in [2.05, 4.69) is 15.5 Å². The molecule has 1 N–H and O–H groups in total. The van der Waals surface area contributed by atoms with E-state index in [4.69, 9.17) is 0 Å². The molecule has 0 aliphatic heterocycles. The highest BCUT2D eigenvalue weighted by Gasteiger charge is 2.07. The Morgan fingerprint density at radius 3 is 2.76 bits per heavy atom. The van der Waals surface area contributed by atoms with Gasteiger partial charge in [-0.1, -0.05) is 18.2 Å². The molecule has 0 fully saturated rings. The number of rotatable bonds is 4. The molecule has 0 saturated heterocycles. The van der Waals surface area contributed by atoms with Crippen molar-refractivity contribution >= 4 is 11.6 Å². The summed E-state index contributed by atoms with van der Waals surface area (Å²) in [5, 5.41) is 10.8. The molecule has 0 bridgehead atoms. The maximum atomic E-state index is 12.8. The highest BCUT2D eigenvalue weighted by atomic mass is 19.1. The van der Waals surface area contributed by atoms with Crippen LogP contribution in [0.15, 0.2) is 48.7 Å². The van der Waals surface area contributed by atoms with E-state index in [1.54, 1.807) is 12.1 Å². The van der Waals surface area contributed by atoms with Crippen LogP contribution in [0.4, 0.5) is 4.39 Å². The molecule has 5 nitrogen and oxygen atoms in total. The maximum absolute atomic E-state index is 12.8. The van der Waals surface area contributed by atoms with E-state index >= 15 is 0 Å². The fourth-order valence-electron chi connectivity index (χ4n) is 2.04. The Morgan fingerprint density at radius 1 is 1.14 bits per heavy atom. The third-order valence-corrected chi connectivity index (χ3v) is 3.11. The third-order valence-electron chi connectivity index (χ3n) is 3.11. The minimum atomic E-state index is -0.311. The van der Waals surface area contributed by atoms with E-state index in [9.17, 15) is 9.18 Å². The number of nitrogens with one attached hydrogen (secondary N) is 1. The molecule has 3 aromatic rings. The minimum Gasteiger partial charge on any atom is -0.348 e. The van der Waals surface area contributed by atoms with Gasteiger partial charge in [0, 0.05) is 6.20 Å². The number of pyridine rings is 1. The van der Waals surface area contributed by atoms with Crippen LogP contribution in [0, 0.1) is 5.82 Å². The van der Waals surface area contributed by atoms with Crippen molar-refractivity contribution in [2.24, 2.45) is 0 Å². The molecule has 2 aromatic heterocycles. The predicted octanol–water partition coefficient (Wildman–Crippen LogP) is 1.73. The van der Waals surface area contributed by atoms with Crippen LogP contribution in [0.3, 0.4) is 0 Å². The minimum absolute atomic E-state index is 0.144. The SMILES string of the molecule is O=C(Cc1ccc(F)cc1)NCc1nnc2ccccn12. The zero-order valence-corrected chi connectivity index (χ0v) is 11.2. The van der Waals surface area contributed by atoms with Gasteiger partial charge in [0.25, 0.3) is 0 Å². The number of halogens is 1. The highest BCUT2D eigenvalue weighted by Crippen LogP contribution is 2.05. The first-order valence-corrected chi connectivity index (χ1v) is 6.52. The van der Waals surface area contributed by atoms with E-state index in [0.29, 0.717) is 12.4 Å². The second-order valence-corrected chi connectivity index (χ2v) is 4.63. The van der Waals surface area contributed by atoms with Crippen molar-refractivity contribution in [3.63, 3.8) is 0 Å². The predicted molar refractivity (Wildman–Crippen MR) is 74.9 cm³/mol. The van der Waals surface area contributed by atoms with Gasteiger partial charge in [-0.05, 0) is 29.8 Å². The molecule has 0 unspecified atom stereocenters. The van der Waals surface area contributed by atoms with Gasteiger partial charge in [0.15, 0.2) is 11.5 Å². The Kier molecular flexibility index (Phi) is 3.59. The summed E-state index contributed by atoms with van der Waals surface area (Å²) in [6.45, 7) is 0.297. The first-order valence-electron chi connectivity index (χ1n) is 6.52. The standard InChI is InChI=1S/C15H13FN4O/c16-12-6-4-11(5-7-12)9-15(21)17-10-14-19-18-13-3-1-2-8-20(13)14/h1-8H,9-10H2,(H,17,21).